The molecule has 0 aliphatic carbocycles. The summed E-state index contributed by atoms with van der Waals surface area (Å²) in [6.45, 7) is 9.98. The Hall–Kier alpha value is -0.600. The van der Waals surface area contributed by atoms with E-state index < -0.39 is 0 Å². The Morgan fingerprint density at radius 1 is 1.36 bits per heavy atom. The van der Waals surface area contributed by atoms with Crippen LogP contribution >= 0.6 is 15.9 Å². The largest absolute Gasteiger partial charge is 0.321 e. The van der Waals surface area contributed by atoms with Crippen molar-refractivity contribution in [2.45, 2.75) is 26.8 Å². The van der Waals surface area contributed by atoms with E-state index in [1.165, 1.54) is 11.1 Å². The van der Waals surface area contributed by atoms with Crippen molar-refractivity contribution < 1.29 is 0 Å². The molecule has 14 heavy (non-hydrogen) atoms. The Kier molecular flexibility index (Phi) is 3.51. The van der Waals surface area contributed by atoms with Crippen LogP contribution in [0.25, 0.3) is 0 Å². The quantitative estimate of drug-likeness (QED) is 0.801. The summed E-state index contributed by atoms with van der Waals surface area (Å²) in [6.07, 6.45) is 0. The Morgan fingerprint density at radius 2 is 1.79 bits per heavy atom. The Balaban J connectivity index is 3.19. The molecule has 1 unspecified atom stereocenters. The molecule has 1 rings (SSSR count). The molecule has 0 radical (unpaired) electrons. The molecule has 0 saturated carbocycles. The maximum atomic E-state index is 6.01. The SMILES string of the molecule is C=C(C)C(N)c1cc(C)c(Br)c(C)c1. The van der Waals surface area contributed by atoms with Gasteiger partial charge in [-0.05, 0) is 37.5 Å². The third kappa shape index (κ3) is 2.25. The van der Waals surface area contributed by atoms with Crippen LogP contribution in [0.1, 0.15) is 29.7 Å². The highest BCUT2D eigenvalue weighted by Gasteiger charge is 2.09. The molecular formula is C12H16BrN. The summed E-state index contributed by atoms with van der Waals surface area (Å²) in [5.41, 5.74) is 10.6. The molecule has 0 heterocycles. The molecule has 0 fully saturated rings. The summed E-state index contributed by atoms with van der Waals surface area (Å²) in [4.78, 5) is 0. The average Bonchev–Trinajstić information content (AvgIpc) is 2.12. The normalized spacial score (nSPS) is 12.6. The zero-order valence-corrected chi connectivity index (χ0v) is 10.5. The van der Waals surface area contributed by atoms with Gasteiger partial charge in [-0.1, -0.05) is 40.2 Å². The zero-order valence-electron chi connectivity index (χ0n) is 8.89. The van der Waals surface area contributed by atoms with Gasteiger partial charge in [0.05, 0.1) is 6.04 Å². The van der Waals surface area contributed by atoms with Crippen LogP contribution in [-0.2, 0) is 0 Å². The van der Waals surface area contributed by atoms with Gasteiger partial charge in [0, 0.05) is 4.47 Å². The van der Waals surface area contributed by atoms with Crippen LogP contribution in [0.5, 0.6) is 0 Å². The van der Waals surface area contributed by atoms with Gasteiger partial charge in [-0.3, -0.25) is 0 Å². The van der Waals surface area contributed by atoms with Crippen molar-refractivity contribution in [2.24, 2.45) is 5.73 Å². The van der Waals surface area contributed by atoms with Crippen molar-refractivity contribution in [3.63, 3.8) is 0 Å². The van der Waals surface area contributed by atoms with Crippen molar-refractivity contribution in [1.29, 1.82) is 0 Å². The molecule has 1 atom stereocenters. The maximum Gasteiger partial charge on any atom is 0.0505 e. The first-order chi connectivity index (χ1) is 6.43. The highest BCUT2D eigenvalue weighted by Crippen LogP contribution is 2.26. The average molecular weight is 254 g/mol. The van der Waals surface area contributed by atoms with E-state index in [2.05, 4.69) is 48.5 Å². The fourth-order valence-electron chi connectivity index (χ4n) is 1.44. The summed E-state index contributed by atoms with van der Waals surface area (Å²) in [5.74, 6) is 0. The Bertz CT molecular complexity index is 346. The molecule has 76 valence electrons. The van der Waals surface area contributed by atoms with E-state index in [0.717, 1.165) is 15.6 Å². The van der Waals surface area contributed by atoms with E-state index >= 15 is 0 Å². The lowest BCUT2D eigenvalue weighted by molar-refractivity contribution is 0.847. The number of aryl methyl sites for hydroxylation is 2. The van der Waals surface area contributed by atoms with E-state index in [-0.39, 0.29) is 6.04 Å². The molecule has 0 spiro atoms. The second kappa shape index (κ2) is 4.28. The third-order valence-electron chi connectivity index (χ3n) is 2.35. The summed E-state index contributed by atoms with van der Waals surface area (Å²) in [6, 6.07) is 4.16. The predicted molar refractivity (Wildman–Crippen MR) is 65.4 cm³/mol. The van der Waals surface area contributed by atoms with E-state index in [4.69, 9.17) is 5.73 Å². The molecule has 0 amide bonds. The molecule has 1 aromatic rings. The van der Waals surface area contributed by atoms with Gasteiger partial charge in [0.2, 0.25) is 0 Å². The Labute approximate surface area is 94.1 Å². The summed E-state index contributed by atoms with van der Waals surface area (Å²) >= 11 is 3.54. The van der Waals surface area contributed by atoms with Gasteiger partial charge < -0.3 is 5.73 Å². The first-order valence-corrected chi connectivity index (χ1v) is 5.40. The molecular weight excluding hydrogens is 238 g/mol. The van der Waals surface area contributed by atoms with Gasteiger partial charge >= 0.3 is 0 Å². The van der Waals surface area contributed by atoms with Crippen molar-refractivity contribution in [1.82, 2.24) is 0 Å². The zero-order chi connectivity index (χ0) is 10.9. The molecule has 0 saturated heterocycles. The minimum absolute atomic E-state index is 0.0551. The van der Waals surface area contributed by atoms with E-state index in [9.17, 15) is 0 Å². The van der Waals surface area contributed by atoms with Crippen molar-refractivity contribution in [3.8, 4) is 0 Å². The minimum atomic E-state index is -0.0551. The third-order valence-corrected chi connectivity index (χ3v) is 3.60. The van der Waals surface area contributed by atoms with E-state index in [1.807, 2.05) is 6.92 Å². The number of halogens is 1. The Morgan fingerprint density at radius 3 is 2.14 bits per heavy atom. The number of rotatable bonds is 2. The van der Waals surface area contributed by atoms with Crippen LogP contribution in [-0.4, -0.2) is 0 Å². The number of nitrogens with two attached hydrogens (primary N) is 1. The van der Waals surface area contributed by atoms with Crippen molar-refractivity contribution >= 4 is 15.9 Å². The van der Waals surface area contributed by atoms with Gasteiger partial charge in [0.15, 0.2) is 0 Å². The lowest BCUT2D eigenvalue weighted by atomic mass is 9.98. The van der Waals surface area contributed by atoms with Gasteiger partial charge in [0.1, 0.15) is 0 Å². The number of hydrogen-bond acceptors (Lipinski definition) is 1. The van der Waals surface area contributed by atoms with E-state index in [0.29, 0.717) is 0 Å². The maximum absolute atomic E-state index is 6.01. The fourth-order valence-corrected chi connectivity index (χ4v) is 1.67. The van der Waals surface area contributed by atoms with Gasteiger partial charge in [-0.25, -0.2) is 0 Å². The van der Waals surface area contributed by atoms with Gasteiger partial charge in [0.25, 0.3) is 0 Å². The van der Waals surface area contributed by atoms with Gasteiger partial charge in [-0.15, -0.1) is 0 Å². The van der Waals surface area contributed by atoms with Crippen LogP contribution in [0.15, 0.2) is 28.8 Å². The van der Waals surface area contributed by atoms with E-state index in [1.54, 1.807) is 0 Å². The smallest absolute Gasteiger partial charge is 0.0505 e. The first-order valence-electron chi connectivity index (χ1n) is 4.61. The summed E-state index contributed by atoms with van der Waals surface area (Å²) in [5, 5.41) is 0. The number of benzene rings is 1. The van der Waals surface area contributed by atoms with Crippen LogP contribution in [0, 0.1) is 13.8 Å². The van der Waals surface area contributed by atoms with Crippen LogP contribution in [0.4, 0.5) is 0 Å². The molecule has 2 heteroatoms. The van der Waals surface area contributed by atoms with Crippen molar-refractivity contribution in [3.05, 3.63) is 45.4 Å². The predicted octanol–water partition coefficient (Wildman–Crippen LogP) is 3.64. The van der Waals surface area contributed by atoms with Crippen molar-refractivity contribution in [2.75, 3.05) is 0 Å². The highest BCUT2D eigenvalue weighted by molar-refractivity contribution is 9.10. The first kappa shape index (κ1) is 11.5. The second-order valence-electron chi connectivity index (χ2n) is 3.79. The van der Waals surface area contributed by atoms with Crippen LogP contribution in [0.2, 0.25) is 0 Å². The molecule has 0 aliphatic heterocycles. The molecule has 0 aliphatic rings. The van der Waals surface area contributed by atoms with Gasteiger partial charge in [-0.2, -0.15) is 0 Å². The molecule has 0 bridgehead atoms. The molecule has 2 N–H and O–H groups in total. The van der Waals surface area contributed by atoms with Crippen LogP contribution < -0.4 is 5.73 Å². The topological polar surface area (TPSA) is 26.0 Å². The molecule has 1 aromatic carbocycles. The minimum Gasteiger partial charge on any atom is -0.321 e. The summed E-state index contributed by atoms with van der Waals surface area (Å²) in [7, 11) is 0. The fraction of sp³-hybridized carbons (Fsp3) is 0.333. The monoisotopic (exact) mass is 253 g/mol. The lowest BCUT2D eigenvalue weighted by Gasteiger charge is -2.14. The second-order valence-corrected chi connectivity index (χ2v) is 4.59. The standard InChI is InChI=1S/C12H16BrN/c1-7(2)12(14)10-5-8(3)11(13)9(4)6-10/h5-6,12H,1,14H2,2-4H3. The summed E-state index contributed by atoms with van der Waals surface area (Å²) < 4.78 is 1.16. The lowest BCUT2D eigenvalue weighted by Crippen LogP contribution is -2.11. The van der Waals surface area contributed by atoms with Crippen LogP contribution in [0.3, 0.4) is 0 Å². The molecule has 0 aromatic heterocycles. The number of hydrogen-bond donors (Lipinski definition) is 1. The molecule has 1 nitrogen and oxygen atoms in total. The highest BCUT2D eigenvalue weighted by atomic mass is 79.9.